The second kappa shape index (κ2) is 10.2. The molecule has 0 spiro atoms. The fourth-order valence-electron chi connectivity index (χ4n) is 4.84. The zero-order chi connectivity index (χ0) is 21.2. The van der Waals surface area contributed by atoms with E-state index >= 15 is 0 Å². The molecule has 4 rings (SSSR count). The molecule has 1 aromatic carbocycles. The van der Waals surface area contributed by atoms with Crippen molar-refractivity contribution in [3.05, 3.63) is 35.4 Å². The zero-order valence-electron chi connectivity index (χ0n) is 17.7. The van der Waals surface area contributed by atoms with E-state index in [-0.39, 0.29) is 36.1 Å². The number of fused-ring (bicyclic) bond motifs is 2. The molecule has 0 saturated carbocycles. The van der Waals surface area contributed by atoms with Crippen molar-refractivity contribution in [1.29, 1.82) is 0 Å². The van der Waals surface area contributed by atoms with Gasteiger partial charge in [-0.2, -0.15) is 13.2 Å². The van der Waals surface area contributed by atoms with Crippen molar-refractivity contribution in [2.24, 2.45) is 4.99 Å². The van der Waals surface area contributed by atoms with Crippen LogP contribution < -0.4 is 10.6 Å². The van der Waals surface area contributed by atoms with E-state index in [9.17, 15) is 13.2 Å². The number of hydrogen-bond donors (Lipinski definition) is 2. The van der Waals surface area contributed by atoms with E-state index in [1.807, 2.05) is 6.92 Å². The van der Waals surface area contributed by atoms with Crippen LogP contribution >= 0.6 is 24.0 Å². The molecule has 2 bridgehead atoms. The van der Waals surface area contributed by atoms with E-state index in [1.165, 1.54) is 12.1 Å². The Kier molecular flexibility index (Phi) is 8.12. The molecule has 174 valence electrons. The summed E-state index contributed by atoms with van der Waals surface area (Å²) in [7, 11) is 0. The summed E-state index contributed by atoms with van der Waals surface area (Å²) in [4.78, 5) is 4.83. The Bertz CT molecular complexity index is 769. The molecule has 3 atom stereocenters. The van der Waals surface area contributed by atoms with Gasteiger partial charge in [0.2, 0.25) is 0 Å². The van der Waals surface area contributed by atoms with Crippen molar-refractivity contribution in [2.45, 2.75) is 68.9 Å². The highest BCUT2D eigenvalue weighted by atomic mass is 127. The molecule has 0 amide bonds. The third-order valence-corrected chi connectivity index (χ3v) is 6.56. The van der Waals surface area contributed by atoms with Crippen molar-refractivity contribution in [3.8, 4) is 0 Å². The van der Waals surface area contributed by atoms with Crippen LogP contribution in [0.25, 0.3) is 0 Å². The van der Waals surface area contributed by atoms with Crippen LogP contribution in [0.2, 0.25) is 0 Å². The predicted molar refractivity (Wildman–Crippen MR) is 124 cm³/mol. The Hall–Kier alpha value is -1.07. The Morgan fingerprint density at radius 1 is 1.23 bits per heavy atom. The number of aliphatic imine (C=N–C) groups is 1. The van der Waals surface area contributed by atoms with E-state index in [0.717, 1.165) is 25.3 Å². The van der Waals surface area contributed by atoms with Gasteiger partial charge in [0, 0.05) is 25.2 Å². The molecule has 3 heterocycles. The van der Waals surface area contributed by atoms with Crippen LogP contribution in [0.4, 0.5) is 13.2 Å². The molecule has 3 aliphatic heterocycles. The minimum absolute atomic E-state index is 0. The molecule has 0 aliphatic carbocycles. The lowest BCUT2D eigenvalue weighted by atomic mass is 9.74. The first-order chi connectivity index (χ1) is 14.4. The summed E-state index contributed by atoms with van der Waals surface area (Å²) in [6.45, 7) is 4.18. The molecule has 5 nitrogen and oxygen atoms in total. The predicted octanol–water partition coefficient (Wildman–Crippen LogP) is 4.25. The van der Waals surface area contributed by atoms with Gasteiger partial charge in [0.1, 0.15) is 0 Å². The van der Waals surface area contributed by atoms with Gasteiger partial charge < -0.3 is 20.1 Å². The molecule has 31 heavy (non-hydrogen) atoms. The van der Waals surface area contributed by atoms with Gasteiger partial charge in [-0.25, -0.2) is 0 Å². The van der Waals surface area contributed by atoms with Crippen molar-refractivity contribution in [1.82, 2.24) is 10.6 Å². The molecule has 1 aromatic rings. The summed E-state index contributed by atoms with van der Waals surface area (Å²) in [5.74, 6) is 0.705. The summed E-state index contributed by atoms with van der Waals surface area (Å²) >= 11 is 0. The molecule has 3 aliphatic rings. The van der Waals surface area contributed by atoms with Gasteiger partial charge in [-0.1, -0.05) is 18.2 Å². The van der Waals surface area contributed by atoms with Crippen LogP contribution in [0.1, 0.15) is 50.2 Å². The highest BCUT2D eigenvalue weighted by molar-refractivity contribution is 14.0. The fraction of sp³-hybridized carbons (Fsp3) is 0.682. The molecular weight excluding hydrogens is 522 g/mol. The van der Waals surface area contributed by atoms with Crippen LogP contribution in [-0.2, 0) is 21.1 Å². The van der Waals surface area contributed by atoms with Crippen molar-refractivity contribution in [3.63, 3.8) is 0 Å². The summed E-state index contributed by atoms with van der Waals surface area (Å²) in [5, 5.41) is 6.78. The number of nitrogens with one attached hydrogen (secondary N) is 2. The maximum Gasteiger partial charge on any atom is 0.416 e. The molecule has 3 fully saturated rings. The third-order valence-electron chi connectivity index (χ3n) is 6.56. The van der Waals surface area contributed by atoms with Crippen molar-refractivity contribution in [2.75, 3.05) is 26.3 Å². The highest BCUT2D eigenvalue weighted by Gasteiger charge is 2.41. The maximum absolute atomic E-state index is 13.3. The summed E-state index contributed by atoms with van der Waals surface area (Å²) in [5.41, 5.74) is -0.393. The number of nitrogens with zero attached hydrogens (tertiary/aromatic N) is 1. The Balaban J connectivity index is 0.00000272. The number of rotatable bonds is 5. The zero-order valence-corrected chi connectivity index (χ0v) is 20.0. The second-order valence-corrected chi connectivity index (χ2v) is 8.53. The van der Waals surface area contributed by atoms with Gasteiger partial charge in [-0.3, -0.25) is 4.99 Å². The summed E-state index contributed by atoms with van der Waals surface area (Å²) in [6.07, 6.45) is 0.651. The first kappa shape index (κ1) is 24.6. The van der Waals surface area contributed by atoms with Crippen LogP contribution in [-0.4, -0.2) is 50.5 Å². The van der Waals surface area contributed by atoms with Gasteiger partial charge in [0.05, 0.1) is 30.4 Å². The minimum Gasteiger partial charge on any atom is -0.381 e. The minimum atomic E-state index is -4.36. The normalized spacial score (nSPS) is 27.6. The Morgan fingerprint density at radius 2 is 2.00 bits per heavy atom. The fourth-order valence-corrected chi connectivity index (χ4v) is 4.84. The Morgan fingerprint density at radius 3 is 2.61 bits per heavy atom. The van der Waals surface area contributed by atoms with Gasteiger partial charge in [0.25, 0.3) is 0 Å². The quantitative estimate of drug-likeness (QED) is 0.326. The molecule has 3 saturated heterocycles. The maximum atomic E-state index is 13.3. The first-order valence-electron chi connectivity index (χ1n) is 10.9. The highest BCUT2D eigenvalue weighted by Crippen LogP contribution is 2.39. The van der Waals surface area contributed by atoms with Gasteiger partial charge in [-0.05, 0) is 50.7 Å². The van der Waals surface area contributed by atoms with Crippen LogP contribution in [0.5, 0.6) is 0 Å². The van der Waals surface area contributed by atoms with Crippen molar-refractivity contribution >= 4 is 29.9 Å². The average molecular weight is 553 g/mol. The Labute approximate surface area is 198 Å². The topological polar surface area (TPSA) is 54.9 Å². The van der Waals surface area contributed by atoms with Crippen LogP contribution in [0, 0.1) is 0 Å². The molecule has 0 radical (unpaired) electrons. The number of ether oxygens (including phenoxy) is 2. The van der Waals surface area contributed by atoms with E-state index < -0.39 is 17.2 Å². The molecule has 0 aromatic heterocycles. The van der Waals surface area contributed by atoms with Crippen LogP contribution in [0.3, 0.4) is 0 Å². The molecule has 2 N–H and O–H groups in total. The largest absolute Gasteiger partial charge is 0.416 e. The monoisotopic (exact) mass is 553 g/mol. The summed E-state index contributed by atoms with van der Waals surface area (Å²) in [6, 6.07) is 5.93. The number of benzene rings is 1. The lowest BCUT2D eigenvalue weighted by Gasteiger charge is -2.37. The average Bonchev–Trinajstić information content (AvgIpc) is 3.36. The summed E-state index contributed by atoms with van der Waals surface area (Å²) < 4.78 is 51.3. The van der Waals surface area contributed by atoms with E-state index in [2.05, 4.69) is 10.6 Å². The lowest BCUT2D eigenvalue weighted by Crippen LogP contribution is -2.48. The molecular formula is C22H31F3IN3O2. The number of alkyl halides is 3. The lowest BCUT2D eigenvalue weighted by molar-refractivity contribution is -0.137. The van der Waals surface area contributed by atoms with E-state index in [4.69, 9.17) is 14.5 Å². The van der Waals surface area contributed by atoms with E-state index in [0.29, 0.717) is 56.8 Å². The van der Waals surface area contributed by atoms with Gasteiger partial charge in [-0.15, -0.1) is 24.0 Å². The smallest absolute Gasteiger partial charge is 0.381 e. The van der Waals surface area contributed by atoms with Gasteiger partial charge >= 0.3 is 6.18 Å². The van der Waals surface area contributed by atoms with E-state index in [1.54, 1.807) is 6.07 Å². The first-order valence-corrected chi connectivity index (χ1v) is 10.9. The molecule has 3 unspecified atom stereocenters. The van der Waals surface area contributed by atoms with Crippen LogP contribution in [0.15, 0.2) is 29.3 Å². The van der Waals surface area contributed by atoms with Crippen molar-refractivity contribution < 1.29 is 22.6 Å². The molecule has 9 heteroatoms. The SMILES string of the molecule is CCNC(=NCC1(c2cccc(C(F)(F)F)c2)CCOCC1)NC1CC2CCC1O2.I. The standard InChI is InChI=1S/C22H30F3N3O2.HI/c1-2-26-20(28-18-13-17-6-7-19(18)30-17)27-14-21(8-10-29-11-9-21)15-4-3-5-16(12-15)22(23,24)25;/h3-5,12,17-19H,2,6-11,13-14H2,1H3,(H2,26,27,28);1H. The number of halogens is 4. The number of guanidine groups is 1. The third kappa shape index (κ3) is 5.65. The van der Waals surface area contributed by atoms with Gasteiger partial charge in [0.15, 0.2) is 5.96 Å². The number of hydrogen-bond acceptors (Lipinski definition) is 3. The second-order valence-electron chi connectivity index (χ2n) is 8.53.